The molecule has 2 rings (SSSR count). The summed E-state index contributed by atoms with van der Waals surface area (Å²) in [6.07, 6.45) is -2.40. The molecule has 0 amide bonds. The van der Waals surface area contributed by atoms with Crippen molar-refractivity contribution in [3.05, 3.63) is 57.6 Å². The van der Waals surface area contributed by atoms with Crippen molar-refractivity contribution < 1.29 is 13.5 Å². The van der Waals surface area contributed by atoms with Crippen LogP contribution in [0.1, 0.15) is 29.5 Å². The van der Waals surface area contributed by atoms with Crippen LogP contribution in [0.15, 0.2) is 30.5 Å². The number of hydrogen-bond acceptors (Lipinski definition) is 4. The second-order valence-corrected chi connectivity index (χ2v) is 4.97. The molecular weight excluding hydrogens is 335 g/mol. The molecule has 114 valence electrons. The van der Waals surface area contributed by atoms with Crippen LogP contribution in [-0.4, -0.2) is 16.6 Å². The number of ether oxygens (including phenoxy) is 1. The Balaban J connectivity index is 2.41. The van der Waals surface area contributed by atoms with Gasteiger partial charge in [0.1, 0.15) is 17.9 Å². The maximum atomic E-state index is 12.6. The average Bonchev–Trinajstić information content (AvgIpc) is 2.50. The van der Waals surface area contributed by atoms with E-state index in [9.17, 15) is 8.78 Å². The maximum Gasteiger partial charge on any atom is 0.297 e. The smallest absolute Gasteiger partial charge is 0.297 e. The van der Waals surface area contributed by atoms with E-state index in [0.717, 1.165) is 0 Å². The summed E-state index contributed by atoms with van der Waals surface area (Å²) in [5.41, 5.74) is 0.943. The molecule has 8 heteroatoms. The number of benzene rings is 1. The summed E-state index contributed by atoms with van der Waals surface area (Å²) in [6, 6.07) is 8.49. The Morgan fingerprint density at radius 1 is 1.23 bits per heavy atom. The highest BCUT2D eigenvalue weighted by Crippen LogP contribution is 2.31. The third kappa shape index (κ3) is 3.89. The highest BCUT2D eigenvalue weighted by Gasteiger charge is 2.21. The van der Waals surface area contributed by atoms with E-state index in [0.29, 0.717) is 16.1 Å². The molecule has 0 bridgehead atoms. The lowest BCUT2D eigenvalue weighted by molar-refractivity contribution is 0.106. The molecule has 2 aromatic rings. The first kappa shape index (κ1) is 16.6. The van der Waals surface area contributed by atoms with Crippen LogP contribution in [0, 0.1) is 11.3 Å². The van der Waals surface area contributed by atoms with Crippen LogP contribution in [0.25, 0.3) is 0 Å². The van der Waals surface area contributed by atoms with Crippen LogP contribution in [-0.2, 0) is 4.74 Å². The van der Waals surface area contributed by atoms with Crippen molar-refractivity contribution in [3.8, 4) is 6.07 Å². The zero-order valence-electron chi connectivity index (χ0n) is 11.0. The summed E-state index contributed by atoms with van der Waals surface area (Å²) in [7, 11) is 0. The van der Waals surface area contributed by atoms with Gasteiger partial charge in [0, 0.05) is 16.8 Å². The second-order valence-electron chi connectivity index (χ2n) is 4.18. The fourth-order valence-electron chi connectivity index (χ4n) is 1.79. The lowest BCUT2D eigenvalue weighted by Gasteiger charge is -2.18. The molecule has 0 aliphatic rings. The molecular formula is C14H9Cl2F2N3O. The van der Waals surface area contributed by atoms with Crippen LogP contribution < -0.4 is 0 Å². The fourth-order valence-corrected chi connectivity index (χ4v) is 2.15. The highest BCUT2D eigenvalue weighted by atomic mass is 35.5. The van der Waals surface area contributed by atoms with Gasteiger partial charge in [-0.1, -0.05) is 35.3 Å². The molecule has 1 atom stereocenters. The van der Waals surface area contributed by atoms with Gasteiger partial charge in [0.25, 0.3) is 6.43 Å². The Morgan fingerprint density at radius 2 is 1.91 bits per heavy atom. The van der Waals surface area contributed by atoms with Crippen molar-refractivity contribution in [2.75, 3.05) is 6.61 Å². The normalized spacial score (nSPS) is 12.2. The lowest BCUT2D eigenvalue weighted by atomic mass is 10.0. The van der Waals surface area contributed by atoms with E-state index in [1.807, 2.05) is 6.07 Å². The summed E-state index contributed by atoms with van der Waals surface area (Å²) in [4.78, 5) is 7.14. The number of alkyl halides is 2. The van der Waals surface area contributed by atoms with Crippen molar-refractivity contribution in [1.82, 2.24) is 9.97 Å². The molecule has 1 aromatic heterocycles. The van der Waals surface area contributed by atoms with E-state index in [-0.39, 0.29) is 11.8 Å². The molecule has 4 nitrogen and oxygen atoms in total. The number of hydrogen-bond donors (Lipinski definition) is 0. The summed E-state index contributed by atoms with van der Waals surface area (Å²) >= 11 is 11.8. The maximum absolute atomic E-state index is 12.6. The molecule has 1 heterocycles. The molecule has 0 fully saturated rings. The van der Waals surface area contributed by atoms with Gasteiger partial charge in [-0.15, -0.1) is 0 Å². The predicted octanol–water partition coefficient (Wildman–Crippen LogP) is 4.35. The highest BCUT2D eigenvalue weighted by molar-refractivity contribution is 6.30. The molecule has 22 heavy (non-hydrogen) atoms. The number of nitriles is 1. The van der Waals surface area contributed by atoms with Crippen molar-refractivity contribution >= 4 is 23.2 Å². The number of nitrogens with zero attached hydrogens (tertiary/aromatic N) is 3. The first-order valence-corrected chi connectivity index (χ1v) is 6.83. The predicted molar refractivity (Wildman–Crippen MR) is 76.9 cm³/mol. The third-order valence-electron chi connectivity index (χ3n) is 2.75. The summed E-state index contributed by atoms with van der Waals surface area (Å²) in [5, 5.41) is 9.06. The molecule has 0 radical (unpaired) electrons. The van der Waals surface area contributed by atoms with Crippen molar-refractivity contribution in [2.24, 2.45) is 0 Å². The quantitative estimate of drug-likeness (QED) is 0.757. The van der Waals surface area contributed by atoms with Crippen LogP contribution >= 0.6 is 23.2 Å². The molecule has 0 spiro atoms. The van der Waals surface area contributed by atoms with Gasteiger partial charge in [0.15, 0.2) is 5.82 Å². The minimum absolute atomic E-state index is 0.150. The zero-order chi connectivity index (χ0) is 16.1. The zero-order valence-corrected chi connectivity index (χ0v) is 12.5. The Bertz CT molecular complexity index is 689. The first-order valence-electron chi connectivity index (χ1n) is 6.07. The van der Waals surface area contributed by atoms with E-state index in [1.54, 1.807) is 24.3 Å². The summed E-state index contributed by atoms with van der Waals surface area (Å²) < 4.78 is 30.6. The van der Waals surface area contributed by atoms with Crippen LogP contribution in [0.3, 0.4) is 0 Å². The van der Waals surface area contributed by atoms with Gasteiger partial charge in [-0.2, -0.15) is 5.26 Å². The average molecular weight is 344 g/mol. The van der Waals surface area contributed by atoms with Gasteiger partial charge in [-0.3, -0.25) is 0 Å². The summed E-state index contributed by atoms with van der Waals surface area (Å²) in [5.74, 6) is -0.663. The van der Waals surface area contributed by atoms with E-state index in [4.69, 9.17) is 33.2 Å². The van der Waals surface area contributed by atoms with E-state index in [2.05, 4.69) is 9.97 Å². The van der Waals surface area contributed by atoms with Crippen LogP contribution in [0.4, 0.5) is 8.78 Å². The molecule has 0 saturated heterocycles. The molecule has 0 N–H and O–H groups in total. The van der Waals surface area contributed by atoms with Gasteiger partial charge in [-0.25, -0.2) is 18.7 Å². The summed E-state index contributed by atoms with van der Waals surface area (Å²) in [6.45, 7) is -0.208. The Hall–Kier alpha value is -1.81. The molecule has 0 saturated carbocycles. The van der Waals surface area contributed by atoms with Gasteiger partial charge in [0.2, 0.25) is 0 Å². The standard InChI is InChI=1S/C14H9Cl2F2N3O/c15-9-3-1-8(2-4-9)11(22-6-5-19)10-7-20-14(13(17)18)21-12(10)16/h1-4,7,11,13H,6H2. The molecule has 1 aromatic carbocycles. The Morgan fingerprint density at radius 3 is 2.45 bits per heavy atom. The van der Waals surface area contributed by atoms with Crippen LogP contribution in [0.5, 0.6) is 0 Å². The van der Waals surface area contributed by atoms with Crippen molar-refractivity contribution in [2.45, 2.75) is 12.5 Å². The van der Waals surface area contributed by atoms with Gasteiger partial charge < -0.3 is 4.74 Å². The van der Waals surface area contributed by atoms with Crippen molar-refractivity contribution in [1.29, 1.82) is 5.26 Å². The minimum atomic E-state index is -2.82. The van der Waals surface area contributed by atoms with Crippen molar-refractivity contribution in [3.63, 3.8) is 0 Å². The Kier molecular flexibility index (Phi) is 5.61. The molecule has 1 unspecified atom stereocenters. The molecule has 0 aliphatic carbocycles. The van der Waals surface area contributed by atoms with Gasteiger partial charge >= 0.3 is 0 Å². The van der Waals surface area contributed by atoms with E-state index in [1.165, 1.54) is 6.20 Å². The number of aromatic nitrogens is 2. The van der Waals surface area contributed by atoms with Crippen LogP contribution in [0.2, 0.25) is 10.2 Å². The van der Waals surface area contributed by atoms with E-state index < -0.39 is 18.4 Å². The topological polar surface area (TPSA) is 58.8 Å². The van der Waals surface area contributed by atoms with Gasteiger partial charge in [0.05, 0.1) is 6.07 Å². The lowest BCUT2D eigenvalue weighted by Crippen LogP contribution is -2.10. The van der Waals surface area contributed by atoms with E-state index >= 15 is 0 Å². The SMILES string of the molecule is N#CCOC(c1ccc(Cl)cc1)c1cnc(C(F)F)nc1Cl. The molecule has 0 aliphatic heterocycles. The monoisotopic (exact) mass is 343 g/mol. The third-order valence-corrected chi connectivity index (χ3v) is 3.31. The fraction of sp³-hybridized carbons (Fsp3) is 0.214. The minimum Gasteiger partial charge on any atom is -0.354 e. The first-order chi connectivity index (χ1) is 10.5. The second kappa shape index (κ2) is 7.45. The van der Waals surface area contributed by atoms with Gasteiger partial charge in [-0.05, 0) is 17.7 Å². The largest absolute Gasteiger partial charge is 0.354 e. The Labute approximate surface area is 135 Å². The number of halogens is 4. The number of rotatable bonds is 5.